The zero-order valence-corrected chi connectivity index (χ0v) is 30.1. The lowest BCUT2D eigenvalue weighted by Gasteiger charge is -2.43. The molecule has 0 bridgehead atoms. The minimum absolute atomic E-state index is 0.0169. The number of nitrogens with one attached hydrogen (secondary N) is 2. The molecule has 254 valence electrons. The van der Waals surface area contributed by atoms with Gasteiger partial charge in [-0.2, -0.15) is 16.7 Å². The summed E-state index contributed by atoms with van der Waals surface area (Å²) in [7, 11) is -0.823. The molecule has 0 spiro atoms. The van der Waals surface area contributed by atoms with Crippen molar-refractivity contribution < 1.29 is 37.5 Å². The van der Waals surface area contributed by atoms with Gasteiger partial charge in [0.15, 0.2) is 5.82 Å². The Bertz CT molecular complexity index is 1390. The van der Waals surface area contributed by atoms with Crippen LogP contribution in [0.2, 0.25) is 18.1 Å². The number of rotatable bonds is 10. The van der Waals surface area contributed by atoms with Gasteiger partial charge < -0.3 is 33.8 Å². The topological polar surface area (TPSA) is 151 Å². The Morgan fingerprint density at radius 2 is 2.02 bits per heavy atom. The summed E-state index contributed by atoms with van der Waals surface area (Å²) in [5.74, 6) is 2.05. The van der Waals surface area contributed by atoms with Crippen LogP contribution in [0, 0.1) is 12.8 Å². The van der Waals surface area contributed by atoms with Gasteiger partial charge >= 0.3 is 12.1 Å². The maximum absolute atomic E-state index is 13.6. The maximum atomic E-state index is 13.6. The number of nitrogens with zero attached hydrogens (tertiary/aromatic N) is 2. The average molecular weight is 677 g/mol. The van der Waals surface area contributed by atoms with Crippen LogP contribution < -0.4 is 19.8 Å². The van der Waals surface area contributed by atoms with Gasteiger partial charge in [0.1, 0.15) is 24.1 Å². The molecule has 1 aromatic carbocycles. The number of amides is 2. The monoisotopic (exact) mass is 676 g/mol. The molecule has 0 saturated carbocycles. The average Bonchev–Trinajstić information content (AvgIpc) is 3.47. The fraction of sp³-hybridized carbons (Fsp3) is 0.594. The molecule has 2 aromatic rings. The molecule has 0 saturated heterocycles. The van der Waals surface area contributed by atoms with Crippen molar-refractivity contribution in [3.8, 4) is 11.5 Å². The number of aromatic nitrogens is 2. The van der Waals surface area contributed by atoms with Gasteiger partial charge in [0.2, 0.25) is 11.8 Å². The van der Waals surface area contributed by atoms with Crippen LogP contribution in [0.25, 0.3) is 0 Å². The van der Waals surface area contributed by atoms with Crippen molar-refractivity contribution in [1.82, 2.24) is 20.8 Å². The molecule has 0 radical (unpaired) electrons. The fourth-order valence-electron chi connectivity index (χ4n) is 4.77. The van der Waals surface area contributed by atoms with E-state index in [9.17, 15) is 14.4 Å². The van der Waals surface area contributed by atoms with Crippen molar-refractivity contribution in [2.75, 3.05) is 26.1 Å². The second kappa shape index (κ2) is 16.3. The van der Waals surface area contributed by atoms with Crippen molar-refractivity contribution in [1.29, 1.82) is 0 Å². The van der Waals surface area contributed by atoms with Gasteiger partial charge in [-0.15, -0.1) is 0 Å². The highest BCUT2D eigenvalue weighted by Gasteiger charge is 2.45. The quantitative estimate of drug-likeness (QED) is 0.167. The number of hydrogen-bond acceptors (Lipinski definition) is 11. The zero-order valence-electron chi connectivity index (χ0n) is 28.2. The second-order valence-electron chi connectivity index (χ2n) is 12.6. The van der Waals surface area contributed by atoms with Crippen molar-refractivity contribution in [2.45, 2.75) is 90.4 Å². The molecule has 2 amide bonds. The molecule has 3 rings (SSSR count). The number of carbonyl (C=O) groups excluding carboxylic acids is 3. The van der Waals surface area contributed by atoms with Crippen LogP contribution in [0.1, 0.15) is 86.2 Å². The molecule has 46 heavy (non-hydrogen) atoms. The van der Waals surface area contributed by atoms with Gasteiger partial charge in [0.25, 0.3) is 8.32 Å². The summed E-state index contributed by atoms with van der Waals surface area (Å²) in [5, 5.41) is 9.44. The van der Waals surface area contributed by atoms with Crippen LogP contribution in [0.5, 0.6) is 11.5 Å². The first kappa shape index (κ1) is 36.9. The summed E-state index contributed by atoms with van der Waals surface area (Å²) < 4.78 is 28.8. The number of hydrogen-bond donors (Lipinski definition) is 2. The molecule has 12 nitrogen and oxygen atoms in total. The van der Waals surface area contributed by atoms with Gasteiger partial charge in [-0.1, -0.05) is 45.5 Å². The Balaban J connectivity index is 1.97. The number of benzene rings is 1. The molecule has 0 aliphatic carbocycles. The predicted molar refractivity (Wildman–Crippen MR) is 179 cm³/mol. The van der Waals surface area contributed by atoms with Crippen LogP contribution in [0.3, 0.4) is 0 Å². The number of cyclic esters (lactones) is 1. The Labute approximate surface area is 276 Å². The number of methoxy groups -OCH3 is 1. The van der Waals surface area contributed by atoms with E-state index in [-0.39, 0.29) is 48.8 Å². The van der Waals surface area contributed by atoms with Gasteiger partial charge in [0, 0.05) is 35.1 Å². The second-order valence-corrected chi connectivity index (χ2v) is 18.1. The molecule has 1 aliphatic rings. The van der Waals surface area contributed by atoms with Gasteiger partial charge in [-0.3, -0.25) is 4.79 Å². The van der Waals surface area contributed by atoms with E-state index >= 15 is 0 Å². The molecule has 0 unspecified atom stereocenters. The van der Waals surface area contributed by atoms with E-state index in [1.165, 1.54) is 17.8 Å². The first-order valence-corrected chi connectivity index (χ1v) is 19.6. The molecule has 2 N–H and O–H groups in total. The number of fused-ring (bicyclic) bond motifs is 1. The van der Waals surface area contributed by atoms with Crippen LogP contribution >= 0.6 is 11.8 Å². The lowest BCUT2D eigenvalue weighted by molar-refractivity contribution is -0.122. The van der Waals surface area contributed by atoms with E-state index in [0.29, 0.717) is 58.5 Å². The molecule has 14 heteroatoms. The van der Waals surface area contributed by atoms with Crippen LogP contribution in [0.15, 0.2) is 23.2 Å². The van der Waals surface area contributed by atoms with Crippen molar-refractivity contribution >= 4 is 38.0 Å². The van der Waals surface area contributed by atoms with E-state index in [4.69, 9.17) is 23.2 Å². The molecule has 0 fully saturated rings. The maximum Gasteiger partial charge on any atom is 0.407 e. The first-order chi connectivity index (χ1) is 21.7. The van der Waals surface area contributed by atoms with E-state index in [1.54, 1.807) is 7.11 Å². The Kier molecular flexibility index (Phi) is 13.1. The Morgan fingerprint density at radius 3 is 2.70 bits per heavy atom. The molecule has 1 atom stereocenters. The molecule has 1 aliphatic heterocycles. The number of alkyl carbamates (subject to hydrolysis) is 1. The zero-order chi connectivity index (χ0) is 34.1. The largest absolute Gasteiger partial charge is 0.543 e. The molecular formula is C32H48N4O8SSi. The summed E-state index contributed by atoms with van der Waals surface area (Å²) >= 11 is 1.49. The number of thioether (sulfide) groups is 1. The lowest BCUT2D eigenvalue weighted by atomic mass is 9.99. The number of carbonyl (C=O) groups is 3. The summed E-state index contributed by atoms with van der Waals surface area (Å²) in [5.41, 5.74) is 1.82. The third kappa shape index (κ3) is 9.27. The van der Waals surface area contributed by atoms with Crippen molar-refractivity contribution in [3.63, 3.8) is 0 Å². The minimum atomic E-state index is -2.40. The summed E-state index contributed by atoms with van der Waals surface area (Å²) in [6.45, 7) is 18.8. The van der Waals surface area contributed by atoms with E-state index < -0.39 is 26.4 Å². The SMILES string of the molecule is C=CCOC(=O)NCc1noc([C@@H]2CSCc3c(O[Si](C)(C)C(C)(C)C(C)C)cc(OC)c(C)c3C(=O)OCCCCC(=O)N2)n1. The predicted octanol–water partition coefficient (Wildman–Crippen LogP) is 6.25. The smallest absolute Gasteiger partial charge is 0.407 e. The van der Waals surface area contributed by atoms with Crippen LogP contribution in [-0.4, -0.2) is 62.5 Å². The third-order valence-corrected chi connectivity index (χ3v) is 14.3. The highest BCUT2D eigenvalue weighted by molar-refractivity contribution is 7.98. The molecule has 1 aromatic heterocycles. The van der Waals surface area contributed by atoms with Crippen LogP contribution in [0.4, 0.5) is 4.79 Å². The Hall–Kier alpha value is -3.52. The number of ether oxygens (including phenoxy) is 3. The highest BCUT2D eigenvalue weighted by Crippen LogP contribution is 2.47. The lowest BCUT2D eigenvalue weighted by Crippen LogP contribution is -2.48. The van der Waals surface area contributed by atoms with Crippen molar-refractivity contribution in [3.05, 3.63) is 47.1 Å². The first-order valence-electron chi connectivity index (χ1n) is 15.5. The molecule has 2 heterocycles. The summed E-state index contributed by atoms with van der Waals surface area (Å²) in [6, 6.07) is 1.26. The van der Waals surface area contributed by atoms with Crippen LogP contribution in [-0.2, 0) is 26.6 Å². The minimum Gasteiger partial charge on any atom is -0.543 e. The fourth-order valence-corrected chi connectivity index (χ4v) is 8.23. The van der Waals surface area contributed by atoms with E-state index in [1.807, 2.05) is 13.0 Å². The highest BCUT2D eigenvalue weighted by atomic mass is 32.2. The molecular weight excluding hydrogens is 629 g/mol. The standard InChI is InChI=1S/C32H48N4O8SSi/c1-10-14-42-31(39)33-17-26-35-29(43-36-26)23-19-45-18-22-25(44-46(8,9)32(5,6)20(2)3)16-24(40-7)21(4)28(22)30(38)41-15-12-11-13-27(37)34-23/h10,16,20,23H,1,11-15,17-19H2,2-9H3,(H,33,39)(H,34,37)/t23-/m0/s1. The Morgan fingerprint density at radius 1 is 1.28 bits per heavy atom. The number of esters is 1. The summed E-state index contributed by atoms with van der Waals surface area (Å²) in [4.78, 5) is 42.7. The summed E-state index contributed by atoms with van der Waals surface area (Å²) in [6.07, 6.45) is 2.10. The van der Waals surface area contributed by atoms with Crippen molar-refractivity contribution in [2.24, 2.45) is 5.92 Å². The third-order valence-electron chi connectivity index (χ3n) is 8.79. The van der Waals surface area contributed by atoms with E-state index in [2.05, 4.69) is 68.1 Å². The van der Waals surface area contributed by atoms with E-state index in [0.717, 1.165) is 0 Å². The van der Waals surface area contributed by atoms with Gasteiger partial charge in [0.05, 0.1) is 25.8 Å². The normalized spacial score (nSPS) is 16.8. The van der Waals surface area contributed by atoms with Gasteiger partial charge in [-0.05, 0) is 43.8 Å². The van der Waals surface area contributed by atoms with Gasteiger partial charge in [-0.25, -0.2) is 9.59 Å².